The molecule has 48 valence electrons. The van der Waals surface area contributed by atoms with E-state index in [2.05, 4.69) is 12.8 Å². The largest absolute Gasteiger partial charge is 0.124 e. The predicted octanol–water partition coefficient (Wildman–Crippen LogP) is 2.57. The average Bonchev–Trinajstić information content (AvgIpc) is 1.96. The zero-order valence-electron chi connectivity index (χ0n) is 4.62. The van der Waals surface area contributed by atoms with Crippen LogP contribution in [0.3, 0.4) is 0 Å². The fourth-order valence-electron chi connectivity index (χ4n) is 0.385. The van der Waals surface area contributed by atoms with E-state index in [-0.39, 0.29) is 7.43 Å². The lowest BCUT2D eigenvalue weighted by molar-refractivity contribution is 1.72. The van der Waals surface area contributed by atoms with Crippen LogP contribution in [0.4, 0.5) is 0 Å². The first-order valence-electron chi connectivity index (χ1n) is 2.33. The van der Waals surface area contributed by atoms with Crippen LogP contribution < -0.4 is 0 Å². The van der Waals surface area contributed by atoms with Gasteiger partial charge in [-0.15, -0.1) is 12.8 Å². The Kier molecular flexibility index (Phi) is 11.8. The highest BCUT2D eigenvalue weighted by atomic mass is 13.6. The lowest BCUT2D eigenvalue weighted by atomic mass is 10.4. The highest BCUT2D eigenvalue weighted by Gasteiger charge is 1.57. The summed E-state index contributed by atoms with van der Waals surface area (Å²) in [4.78, 5) is 0. The number of benzene rings is 1. The normalized spacial score (nSPS) is 5.56. The van der Waals surface area contributed by atoms with Gasteiger partial charge in [-0.25, -0.2) is 0 Å². The van der Waals surface area contributed by atoms with Crippen LogP contribution in [0.2, 0.25) is 0 Å². The Morgan fingerprint density at radius 3 is 0.778 bits per heavy atom. The van der Waals surface area contributed by atoms with E-state index in [1.165, 1.54) is 0 Å². The summed E-state index contributed by atoms with van der Waals surface area (Å²) >= 11 is 0. The standard InChI is InChI=1S/C6H6.C2H2.CH4/c1-2-4-6-5-3-1;1-2;/h1-6H;1-2H;1H4. The molecule has 0 amide bonds. The SMILES string of the molecule is C.C#C.c1ccccc1. The van der Waals surface area contributed by atoms with Gasteiger partial charge < -0.3 is 0 Å². The lowest BCUT2D eigenvalue weighted by Crippen LogP contribution is -1.47. The molecule has 0 aliphatic carbocycles. The molecule has 0 heteroatoms. The van der Waals surface area contributed by atoms with Crippen LogP contribution in [0, 0.1) is 12.8 Å². The first-order valence-corrected chi connectivity index (χ1v) is 2.33. The topological polar surface area (TPSA) is 0 Å². The molecule has 1 aromatic carbocycles. The van der Waals surface area contributed by atoms with Gasteiger partial charge in [0.15, 0.2) is 0 Å². The van der Waals surface area contributed by atoms with Crippen LogP contribution in [-0.2, 0) is 0 Å². The summed E-state index contributed by atoms with van der Waals surface area (Å²) < 4.78 is 0. The summed E-state index contributed by atoms with van der Waals surface area (Å²) in [5, 5.41) is 0. The summed E-state index contributed by atoms with van der Waals surface area (Å²) in [5.41, 5.74) is 0. The van der Waals surface area contributed by atoms with Gasteiger partial charge in [-0.05, 0) is 0 Å². The van der Waals surface area contributed by atoms with E-state index in [1.807, 2.05) is 36.4 Å². The minimum absolute atomic E-state index is 0. The van der Waals surface area contributed by atoms with Gasteiger partial charge in [-0.3, -0.25) is 0 Å². The summed E-state index contributed by atoms with van der Waals surface area (Å²) in [6.45, 7) is 0. The van der Waals surface area contributed by atoms with Crippen LogP contribution in [-0.4, -0.2) is 0 Å². The van der Waals surface area contributed by atoms with Crippen molar-refractivity contribution >= 4 is 0 Å². The smallest absolute Gasteiger partial charge is 0.0623 e. The number of hydrogen-bond acceptors (Lipinski definition) is 0. The molecular weight excluding hydrogens is 108 g/mol. The Bertz CT molecular complexity index is 101. The molecule has 1 rings (SSSR count). The van der Waals surface area contributed by atoms with Crippen LogP contribution in [0.15, 0.2) is 36.4 Å². The van der Waals surface area contributed by atoms with Crippen molar-refractivity contribution in [3.05, 3.63) is 36.4 Å². The molecule has 0 unspecified atom stereocenters. The molecule has 0 bridgehead atoms. The molecule has 0 aliphatic rings. The van der Waals surface area contributed by atoms with Crippen LogP contribution in [0.25, 0.3) is 0 Å². The van der Waals surface area contributed by atoms with Crippen molar-refractivity contribution in [2.75, 3.05) is 0 Å². The van der Waals surface area contributed by atoms with Crippen LogP contribution in [0.1, 0.15) is 7.43 Å². The first kappa shape index (κ1) is 10.7. The Morgan fingerprint density at radius 2 is 0.667 bits per heavy atom. The maximum atomic E-state index is 4.00. The second-order valence-corrected chi connectivity index (χ2v) is 1.15. The Balaban J connectivity index is 0. The van der Waals surface area contributed by atoms with Crippen LogP contribution >= 0.6 is 0 Å². The van der Waals surface area contributed by atoms with Crippen molar-refractivity contribution in [1.82, 2.24) is 0 Å². The van der Waals surface area contributed by atoms with Gasteiger partial charge >= 0.3 is 0 Å². The third-order valence-electron chi connectivity index (χ3n) is 0.667. The summed E-state index contributed by atoms with van der Waals surface area (Å²) in [5.74, 6) is 0. The summed E-state index contributed by atoms with van der Waals surface area (Å²) in [6.07, 6.45) is 8.00. The Labute approximate surface area is 57.5 Å². The van der Waals surface area contributed by atoms with Gasteiger partial charge in [0.25, 0.3) is 0 Å². The molecule has 0 nitrogen and oxygen atoms in total. The van der Waals surface area contributed by atoms with Gasteiger partial charge in [-0.2, -0.15) is 0 Å². The molecule has 0 aromatic heterocycles. The maximum Gasteiger partial charge on any atom is -0.0623 e. The molecule has 0 fully saturated rings. The quantitative estimate of drug-likeness (QED) is 0.461. The number of hydrogen-bond donors (Lipinski definition) is 0. The second-order valence-electron chi connectivity index (χ2n) is 1.15. The van der Waals surface area contributed by atoms with Gasteiger partial charge in [0, 0.05) is 0 Å². The van der Waals surface area contributed by atoms with Gasteiger partial charge in [-0.1, -0.05) is 43.8 Å². The van der Waals surface area contributed by atoms with E-state index < -0.39 is 0 Å². The molecule has 0 saturated heterocycles. The average molecular weight is 120 g/mol. The number of rotatable bonds is 0. The molecule has 9 heavy (non-hydrogen) atoms. The second kappa shape index (κ2) is 9.91. The molecule has 0 saturated carbocycles. The van der Waals surface area contributed by atoms with Gasteiger partial charge in [0.1, 0.15) is 0 Å². The summed E-state index contributed by atoms with van der Waals surface area (Å²) in [7, 11) is 0. The Morgan fingerprint density at radius 1 is 0.556 bits per heavy atom. The highest BCUT2D eigenvalue weighted by molar-refractivity contribution is 4.99. The third-order valence-corrected chi connectivity index (χ3v) is 0.667. The highest BCUT2D eigenvalue weighted by Crippen LogP contribution is 1.79. The number of terminal acetylenes is 1. The molecule has 0 aliphatic heterocycles. The van der Waals surface area contributed by atoms with Crippen molar-refractivity contribution < 1.29 is 0 Å². The van der Waals surface area contributed by atoms with E-state index in [0.717, 1.165) is 0 Å². The van der Waals surface area contributed by atoms with Gasteiger partial charge in [0.2, 0.25) is 0 Å². The van der Waals surface area contributed by atoms with Crippen molar-refractivity contribution in [3.8, 4) is 12.8 Å². The predicted molar refractivity (Wildman–Crippen MR) is 43.1 cm³/mol. The minimum atomic E-state index is 0. The Hall–Kier alpha value is -1.22. The fraction of sp³-hybridized carbons (Fsp3) is 0.111. The molecule has 1 aromatic rings. The molecule has 0 atom stereocenters. The molecule has 0 radical (unpaired) electrons. The van der Waals surface area contributed by atoms with E-state index >= 15 is 0 Å². The van der Waals surface area contributed by atoms with Crippen molar-refractivity contribution in [2.24, 2.45) is 0 Å². The fourth-order valence-corrected chi connectivity index (χ4v) is 0.385. The van der Waals surface area contributed by atoms with E-state index in [0.29, 0.717) is 0 Å². The van der Waals surface area contributed by atoms with Crippen LogP contribution in [0.5, 0.6) is 0 Å². The van der Waals surface area contributed by atoms with E-state index in [1.54, 1.807) is 0 Å². The lowest BCUT2D eigenvalue weighted by Gasteiger charge is -1.69. The zero-order chi connectivity index (χ0) is 6.24. The van der Waals surface area contributed by atoms with Gasteiger partial charge in [0.05, 0.1) is 0 Å². The van der Waals surface area contributed by atoms with E-state index in [4.69, 9.17) is 0 Å². The molecular formula is C9H12. The van der Waals surface area contributed by atoms with Crippen molar-refractivity contribution in [2.45, 2.75) is 7.43 Å². The maximum absolute atomic E-state index is 4.00. The zero-order valence-corrected chi connectivity index (χ0v) is 4.62. The van der Waals surface area contributed by atoms with Crippen molar-refractivity contribution in [1.29, 1.82) is 0 Å². The first-order chi connectivity index (χ1) is 4.00. The van der Waals surface area contributed by atoms with E-state index in [9.17, 15) is 0 Å². The third kappa shape index (κ3) is 6.78. The summed E-state index contributed by atoms with van der Waals surface area (Å²) in [6, 6.07) is 12.0. The molecule has 0 heterocycles. The molecule has 0 N–H and O–H groups in total. The minimum Gasteiger partial charge on any atom is -0.124 e. The van der Waals surface area contributed by atoms with Crippen molar-refractivity contribution in [3.63, 3.8) is 0 Å². The monoisotopic (exact) mass is 120 g/mol. The molecule has 0 spiro atoms.